The van der Waals surface area contributed by atoms with Crippen LogP contribution < -0.4 is 17.0 Å². The van der Waals surface area contributed by atoms with Crippen LogP contribution in [0.15, 0.2) is 44.1 Å². The van der Waals surface area contributed by atoms with Crippen molar-refractivity contribution < 1.29 is 0 Å². The van der Waals surface area contributed by atoms with E-state index in [9.17, 15) is 9.59 Å². The molecule has 7 heteroatoms. The number of nitrogen functional groups attached to an aromatic ring is 1. The molecule has 0 atom stereocenters. The second-order valence-electron chi connectivity index (χ2n) is 3.66. The molecule has 0 aliphatic rings. The number of benzene rings is 1. The minimum Gasteiger partial charge on any atom is -0.383 e. The van der Waals surface area contributed by atoms with E-state index in [2.05, 4.69) is 15.2 Å². The summed E-state index contributed by atoms with van der Waals surface area (Å²) in [7, 11) is 0. The molecule has 1 aromatic carbocycles. The highest BCUT2D eigenvalue weighted by Gasteiger charge is 2.05. The van der Waals surface area contributed by atoms with Crippen LogP contribution in [-0.2, 0) is 0 Å². The van der Waals surface area contributed by atoms with Crippen molar-refractivity contribution in [3.05, 3.63) is 50.7 Å². The molecule has 18 heavy (non-hydrogen) atoms. The number of aromatic nitrogens is 2. The molecule has 0 radical (unpaired) electrons. The Morgan fingerprint density at radius 2 is 1.83 bits per heavy atom. The highest BCUT2D eigenvalue weighted by atomic mass is 16.2. The second kappa shape index (κ2) is 4.66. The molecule has 0 unspecified atom stereocenters. The van der Waals surface area contributed by atoms with E-state index in [0.717, 1.165) is 5.56 Å². The number of nitrogens with two attached hydrogens (primary N) is 1. The fourth-order valence-corrected chi connectivity index (χ4v) is 1.38. The summed E-state index contributed by atoms with van der Waals surface area (Å²) in [5.41, 5.74) is 5.58. The number of azo groups is 1. The Balaban J connectivity index is 2.45. The lowest BCUT2D eigenvalue weighted by atomic mass is 10.2. The molecular weight excluding hydrogens is 234 g/mol. The third-order valence-electron chi connectivity index (χ3n) is 2.32. The Morgan fingerprint density at radius 1 is 1.11 bits per heavy atom. The fraction of sp³-hybridized carbons (Fsp3) is 0.0909. The molecule has 92 valence electrons. The molecule has 0 bridgehead atoms. The Kier molecular flexibility index (Phi) is 3.05. The lowest BCUT2D eigenvalue weighted by molar-refractivity contribution is 1.02. The SMILES string of the molecule is Cc1ccccc1N=Nc1c(N)[nH]c(=O)[nH]c1=O. The number of anilines is 1. The van der Waals surface area contributed by atoms with Crippen molar-refractivity contribution in [1.82, 2.24) is 9.97 Å². The zero-order chi connectivity index (χ0) is 13.1. The molecule has 0 fully saturated rings. The van der Waals surface area contributed by atoms with Gasteiger partial charge in [-0.3, -0.25) is 14.8 Å². The van der Waals surface area contributed by atoms with Gasteiger partial charge in [0.25, 0.3) is 5.56 Å². The first-order valence-electron chi connectivity index (χ1n) is 5.17. The second-order valence-corrected chi connectivity index (χ2v) is 3.66. The average Bonchev–Trinajstić information content (AvgIpc) is 2.30. The summed E-state index contributed by atoms with van der Waals surface area (Å²) in [6.07, 6.45) is 0. The number of nitrogens with zero attached hydrogens (tertiary/aromatic N) is 2. The van der Waals surface area contributed by atoms with Crippen molar-refractivity contribution in [1.29, 1.82) is 0 Å². The van der Waals surface area contributed by atoms with Gasteiger partial charge in [0.1, 0.15) is 5.82 Å². The number of nitrogens with one attached hydrogen (secondary N) is 2. The van der Waals surface area contributed by atoms with Gasteiger partial charge in [0, 0.05) is 0 Å². The molecular formula is C11H11N5O2. The van der Waals surface area contributed by atoms with Crippen LogP contribution in [0.3, 0.4) is 0 Å². The van der Waals surface area contributed by atoms with Gasteiger partial charge in [-0.25, -0.2) is 4.79 Å². The summed E-state index contributed by atoms with van der Waals surface area (Å²) < 4.78 is 0. The normalized spacial score (nSPS) is 10.9. The standard InChI is InChI=1S/C11H11N5O2/c1-6-4-2-3-5-7(6)15-16-8-9(12)13-11(18)14-10(8)17/h2-5H,1H3,(H4,12,13,14,17,18). The molecule has 2 rings (SSSR count). The number of aryl methyl sites for hydroxylation is 1. The topological polar surface area (TPSA) is 116 Å². The van der Waals surface area contributed by atoms with Crippen LogP contribution in [0.5, 0.6) is 0 Å². The summed E-state index contributed by atoms with van der Waals surface area (Å²) in [6, 6.07) is 7.31. The largest absolute Gasteiger partial charge is 0.383 e. The van der Waals surface area contributed by atoms with E-state index in [-0.39, 0.29) is 11.5 Å². The van der Waals surface area contributed by atoms with Crippen molar-refractivity contribution in [2.45, 2.75) is 6.92 Å². The Bertz CT molecular complexity index is 714. The maximum absolute atomic E-state index is 11.5. The van der Waals surface area contributed by atoms with Gasteiger partial charge in [-0.05, 0) is 18.6 Å². The first-order valence-corrected chi connectivity index (χ1v) is 5.17. The maximum Gasteiger partial charge on any atom is 0.327 e. The molecule has 1 aromatic heterocycles. The van der Waals surface area contributed by atoms with E-state index in [1.165, 1.54) is 0 Å². The third kappa shape index (κ3) is 2.34. The molecule has 0 saturated carbocycles. The van der Waals surface area contributed by atoms with Crippen molar-refractivity contribution in [2.75, 3.05) is 5.73 Å². The van der Waals surface area contributed by atoms with Crippen molar-refractivity contribution in [3.8, 4) is 0 Å². The van der Waals surface area contributed by atoms with Gasteiger partial charge in [-0.2, -0.15) is 0 Å². The van der Waals surface area contributed by atoms with Crippen LogP contribution in [0.4, 0.5) is 17.2 Å². The first kappa shape index (κ1) is 11.8. The maximum atomic E-state index is 11.5. The zero-order valence-electron chi connectivity index (χ0n) is 9.60. The third-order valence-corrected chi connectivity index (χ3v) is 2.32. The van der Waals surface area contributed by atoms with Gasteiger partial charge in [0.05, 0.1) is 5.69 Å². The Labute approximate surface area is 101 Å². The number of rotatable bonds is 2. The summed E-state index contributed by atoms with van der Waals surface area (Å²) in [5, 5.41) is 7.69. The van der Waals surface area contributed by atoms with Gasteiger partial charge in [0.15, 0.2) is 5.69 Å². The summed E-state index contributed by atoms with van der Waals surface area (Å²) in [6.45, 7) is 1.87. The summed E-state index contributed by atoms with van der Waals surface area (Å²) in [4.78, 5) is 26.7. The fourth-order valence-electron chi connectivity index (χ4n) is 1.38. The van der Waals surface area contributed by atoms with E-state index in [1.54, 1.807) is 6.07 Å². The summed E-state index contributed by atoms with van der Waals surface area (Å²) >= 11 is 0. The molecule has 4 N–H and O–H groups in total. The summed E-state index contributed by atoms with van der Waals surface area (Å²) in [5.74, 6) is -0.110. The lowest BCUT2D eigenvalue weighted by Crippen LogP contribution is -2.23. The number of hydrogen-bond acceptors (Lipinski definition) is 5. The number of aromatic amines is 2. The van der Waals surface area contributed by atoms with Crippen molar-refractivity contribution >= 4 is 17.2 Å². The van der Waals surface area contributed by atoms with E-state index in [4.69, 9.17) is 5.73 Å². The molecule has 1 heterocycles. The number of hydrogen-bond donors (Lipinski definition) is 3. The van der Waals surface area contributed by atoms with Crippen LogP contribution in [0.1, 0.15) is 5.56 Å². The van der Waals surface area contributed by atoms with Crippen LogP contribution in [0, 0.1) is 6.92 Å². The highest BCUT2D eigenvalue weighted by molar-refractivity contribution is 5.55. The van der Waals surface area contributed by atoms with Crippen LogP contribution >= 0.6 is 0 Å². The lowest BCUT2D eigenvalue weighted by Gasteiger charge is -1.98. The van der Waals surface area contributed by atoms with Crippen LogP contribution in [0.25, 0.3) is 0 Å². The monoisotopic (exact) mass is 245 g/mol. The van der Waals surface area contributed by atoms with Gasteiger partial charge in [0.2, 0.25) is 0 Å². The minimum absolute atomic E-state index is 0.110. The molecule has 0 aliphatic carbocycles. The molecule has 0 spiro atoms. The Hall–Kier alpha value is -2.70. The quantitative estimate of drug-likeness (QED) is 0.693. The minimum atomic E-state index is -0.674. The number of H-pyrrole nitrogens is 2. The molecule has 0 saturated heterocycles. The van der Waals surface area contributed by atoms with E-state index >= 15 is 0 Å². The van der Waals surface area contributed by atoms with E-state index in [0.29, 0.717) is 5.69 Å². The van der Waals surface area contributed by atoms with Gasteiger partial charge < -0.3 is 5.73 Å². The van der Waals surface area contributed by atoms with Crippen molar-refractivity contribution in [3.63, 3.8) is 0 Å². The van der Waals surface area contributed by atoms with E-state index < -0.39 is 11.2 Å². The predicted octanol–water partition coefficient (Wildman–Crippen LogP) is 1.37. The van der Waals surface area contributed by atoms with Gasteiger partial charge >= 0.3 is 5.69 Å². The molecule has 0 amide bonds. The predicted molar refractivity (Wildman–Crippen MR) is 67.5 cm³/mol. The Morgan fingerprint density at radius 3 is 2.50 bits per heavy atom. The van der Waals surface area contributed by atoms with Gasteiger partial charge in [-0.1, -0.05) is 18.2 Å². The molecule has 7 nitrogen and oxygen atoms in total. The van der Waals surface area contributed by atoms with Crippen LogP contribution in [0.2, 0.25) is 0 Å². The van der Waals surface area contributed by atoms with Gasteiger partial charge in [-0.15, -0.1) is 10.2 Å². The average molecular weight is 245 g/mol. The van der Waals surface area contributed by atoms with Crippen molar-refractivity contribution in [2.24, 2.45) is 10.2 Å². The molecule has 2 aromatic rings. The smallest absolute Gasteiger partial charge is 0.327 e. The highest BCUT2D eigenvalue weighted by Crippen LogP contribution is 2.20. The van der Waals surface area contributed by atoms with Crippen LogP contribution in [-0.4, -0.2) is 9.97 Å². The first-order chi connectivity index (χ1) is 8.58. The zero-order valence-corrected chi connectivity index (χ0v) is 9.60. The van der Waals surface area contributed by atoms with E-state index in [1.807, 2.05) is 30.1 Å². The molecule has 0 aliphatic heterocycles.